The van der Waals surface area contributed by atoms with Gasteiger partial charge in [-0.15, -0.1) is 4.98 Å². The van der Waals surface area contributed by atoms with E-state index in [4.69, 9.17) is 10.5 Å². The molecule has 3 N–H and O–H groups in total. The summed E-state index contributed by atoms with van der Waals surface area (Å²) in [6.07, 6.45) is 0. The zero-order chi connectivity index (χ0) is 15.4. The maximum absolute atomic E-state index is 11.2. The minimum absolute atomic E-state index is 0.0135. The standard InChI is InChI=1S/C8H13N5O2.BF4/c1-13(2-4-15-5-3-13)7-10-6(9)11-8(14)12-7;2-1(3,4)5/h2-5H2,1H3,(H2-,9,10,11,12,14);/q;-1/p+1. The molecule has 0 bridgehead atoms. The van der Waals surface area contributed by atoms with Gasteiger partial charge in [0.2, 0.25) is 5.95 Å². The first kappa shape index (κ1) is 16.4. The number of ether oxygens (including phenoxy) is 1. The van der Waals surface area contributed by atoms with Crippen LogP contribution in [-0.4, -0.2) is 55.6 Å². The number of aromatic amines is 1. The highest BCUT2D eigenvalue weighted by atomic mass is 19.5. The van der Waals surface area contributed by atoms with Gasteiger partial charge in [0.25, 0.3) is 0 Å². The third-order valence-corrected chi connectivity index (χ3v) is 2.62. The van der Waals surface area contributed by atoms with Crippen molar-refractivity contribution in [3.05, 3.63) is 10.5 Å². The molecule has 7 nitrogen and oxygen atoms in total. The molecule has 0 unspecified atom stereocenters. The van der Waals surface area contributed by atoms with Crippen molar-refractivity contribution in [1.82, 2.24) is 19.4 Å². The lowest BCUT2D eigenvalue weighted by Gasteiger charge is -2.34. The van der Waals surface area contributed by atoms with Crippen molar-refractivity contribution in [2.45, 2.75) is 0 Å². The molecular formula is C8H14BF4N5O2. The second kappa shape index (κ2) is 6.18. The van der Waals surface area contributed by atoms with Gasteiger partial charge in [-0.25, -0.2) is 9.78 Å². The second-order valence-electron chi connectivity index (χ2n) is 4.29. The summed E-state index contributed by atoms with van der Waals surface area (Å²) in [6, 6.07) is 0. The molecule has 0 atom stereocenters. The third kappa shape index (κ3) is 5.53. The van der Waals surface area contributed by atoms with Crippen molar-refractivity contribution in [2.75, 3.05) is 39.1 Å². The van der Waals surface area contributed by atoms with E-state index in [0.29, 0.717) is 23.6 Å². The average Bonchev–Trinajstić information content (AvgIpc) is 2.26. The lowest BCUT2D eigenvalue weighted by Crippen LogP contribution is -2.54. The first-order valence-corrected chi connectivity index (χ1v) is 5.64. The van der Waals surface area contributed by atoms with Crippen molar-refractivity contribution in [3.63, 3.8) is 0 Å². The van der Waals surface area contributed by atoms with Crippen LogP contribution in [0.25, 0.3) is 0 Å². The van der Waals surface area contributed by atoms with E-state index in [1.54, 1.807) is 0 Å². The summed E-state index contributed by atoms with van der Waals surface area (Å²) < 4.78 is 44.8. The van der Waals surface area contributed by atoms with Crippen molar-refractivity contribution >= 4 is 19.2 Å². The minimum Gasteiger partial charge on any atom is -0.418 e. The highest BCUT2D eigenvalue weighted by Crippen LogP contribution is 2.16. The number of halogens is 4. The number of likely N-dealkylation sites (N-methyl/N-ethyl adjacent to an activating group) is 1. The summed E-state index contributed by atoms with van der Waals surface area (Å²) in [4.78, 5) is 21.3. The van der Waals surface area contributed by atoms with E-state index in [2.05, 4.69) is 15.0 Å². The zero-order valence-corrected chi connectivity index (χ0v) is 10.7. The molecule has 1 aliphatic heterocycles. The number of nitrogens with zero attached hydrogens (tertiary/aromatic N) is 3. The predicted molar refractivity (Wildman–Crippen MR) is 65.5 cm³/mol. The van der Waals surface area contributed by atoms with Crippen LogP contribution >= 0.6 is 0 Å². The Balaban J connectivity index is 0.000000347. The third-order valence-electron chi connectivity index (χ3n) is 2.62. The fourth-order valence-corrected chi connectivity index (χ4v) is 1.60. The molecule has 1 fully saturated rings. The van der Waals surface area contributed by atoms with Gasteiger partial charge in [0.15, 0.2) is 0 Å². The molecule has 0 aromatic carbocycles. The summed E-state index contributed by atoms with van der Waals surface area (Å²) in [5, 5.41) is 0. The number of rotatable bonds is 1. The first-order valence-electron chi connectivity index (χ1n) is 5.64. The van der Waals surface area contributed by atoms with Gasteiger partial charge < -0.3 is 27.7 Å². The van der Waals surface area contributed by atoms with Crippen LogP contribution in [0.15, 0.2) is 4.79 Å². The van der Waals surface area contributed by atoms with Gasteiger partial charge >= 0.3 is 18.9 Å². The summed E-state index contributed by atoms with van der Waals surface area (Å²) in [5.41, 5.74) is 4.99. The zero-order valence-electron chi connectivity index (χ0n) is 10.7. The molecule has 20 heavy (non-hydrogen) atoms. The minimum atomic E-state index is -6.00. The van der Waals surface area contributed by atoms with E-state index >= 15 is 0 Å². The van der Waals surface area contributed by atoms with E-state index in [1.165, 1.54) is 0 Å². The number of nitrogens with one attached hydrogen (secondary N) is 1. The monoisotopic (exact) mass is 299 g/mol. The van der Waals surface area contributed by atoms with Gasteiger partial charge in [0.05, 0.1) is 20.3 Å². The second-order valence-corrected chi connectivity index (χ2v) is 4.29. The number of aromatic nitrogens is 3. The van der Waals surface area contributed by atoms with Gasteiger partial charge in [-0.1, -0.05) is 0 Å². The Morgan fingerprint density at radius 2 is 1.75 bits per heavy atom. The van der Waals surface area contributed by atoms with Crippen molar-refractivity contribution < 1.29 is 22.0 Å². The van der Waals surface area contributed by atoms with Gasteiger partial charge in [-0.2, -0.15) is 4.98 Å². The van der Waals surface area contributed by atoms with Gasteiger partial charge in [0.1, 0.15) is 13.1 Å². The molecule has 0 saturated carbocycles. The van der Waals surface area contributed by atoms with Crippen LogP contribution in [0.3, 0.4) is 0 Å². The molecule has 0 spiro atoms. The Hall–Kier alpha value is -1.69. The van der Waals surface area contributed by atoms with Crippen LogP contribution in [0.1, 0.15) is 0 Å². The van der Waals surface area contributed by atoms with Crippen molar-refractivity contribution in [2.24, 2.45) is 0 Å². The summed E-state index contributed by atoms with van der Waals surface area (Å²) in [7, 11) is -4.01. The summed E-state index contributed by atoms with van der Waals surface area (Å²) >= 11 is 0. The smallest absolute Gasteiger partial charge is 0.418 e. The lowest BCUT2D eigenvalue weighted by molar-refractivity contribution is 0.0495. The van der Waals surface area contributed by atoms with Crippen LogP contribution < -0.4 is 15.9 Å². The first-order chi connectivity index (χ1) is 9.10. The fraction of sp³-hybridized carbons (Fsp3) is 0.625. The molecule has 1 aliphatic rings. The molecule has 0 aliphatic carbocycles. The number of morpholine rings is 1. The van der Waals surface area contributed by atoms with E-state index in [0.717, 1.165) is 13.1 Å². The highest BCUT2D eigenvalue weighted by molar-refractivity contribution is 6.50. The van der Waals surface area contributed by atoms with E-state index in [9.17, 15) is 22.1 Å². The summed E-state index contributed by atoms with van der Waals surface area (Å²) in [5.74, 6) is 0.565. The molecule has 2 heterocycles. The normalized spacial score (nSPS) is 18.1. The number of hydrogen-bond donors (Lipinski definition) is 2. The highest BCUT2D eigenvalue weighted by Gasteiger charge is 2.31. The predicted octanol–water partition coefficient (Wildman–Crippen LogP) is 0.0144. The van der Waals surface area contributed by atoms with E-state index in [-0.39, 0.29) is 5.95 Å². The molecule has 12 heteroatoms. The van der Waals surface area contributed by atoms with Crippen LogP contribution in [0, 0.1) is 0 Å². The number of nitrogen functional groups attached to an aromatic ring is 1. The number of hydrogen-bond acceptors (Lipinski definition) is 5. The van der Waals surface area contributed by atoms with Gasteiger partial charge in [-0.3, -0.25) is 4.48 Å². The van der Waals surface area contributed by atoms with E-state index in [1.807, 2.05) is 7.05 Å². The molecule has 2 rings (SSSR count). The molecule has 1 saturated heterocycles. The maximum Gasteiger partial charge on any atom is 0.673 e. The Kier molecular flexibility index (Phi) is 5.06. The molecule has 0 radical (unpaired) electrons. The largest absolute Gasteiger partial charge is 0.673 e. The van der Waals surface area contributed by atoms with Crippen LogP contribution in [0.5, 0.6) is 0 Å². The number of nitrogens with two attached hydrogens (primary N) is 1. The average molecular weight is 299 g/mol. The van der Waals surface area contributed by atoms with E-state index < -0.39 is 12.9 Å². The number of anilines is 1. The lowest BCUT2D eigenvalue weighted by atomic mass is 10.3. The van der Waals surface area contributed by atoms with Crippen LogP contribution in [0.4, 0.5) is 29.2 Å². The Morgan fingerprint density at radius 1 is 1.25 bits per heavy atom. The summed E-state index contributed by atoms with van der Waals surface area (Å²) in [6.45, 7) is 2.85. The topological polar surface area (TPSA) is 93.9 Å². The number of H-pyrrole nitrogens is 1. The molecule has 0 amide bonds. The number of quaternary nitrogens is 1. The SMILES string of the molecule is C[N+]1(c2nc(N)nc(=O)[nH]2)CCOCC1.F[B-](F)(F)F. The Morgan fingerprint density at radius 3 is 2.20 bits per heavy atom. The van der Waals surface area contributed by atoms with Crippen LogP contribution in [-0.2, 0) is 4.74 Å². The van der Waals surface area contributed by atoms with Crippen molar-refractivity contribution in [1.29, 1.82) is 0 Å². The fourth-order valence-electron chi connectivity index (χ4n) is 1.60. The quantitative estimate of drug-likeness (QED) is 0.433. The van der Waals surface area contributed by atoms with Crippen LogP contribution in [0.2, 0.25) is 0 Å². The Labute approximate surface area is 111 Å². The maximum atomic E-state index is 11.2. The Bertz CT molecular complexity index is 496. The van der Waals surface area contributed by atoms with Gasteiger partial charge in [-0.05, 0) is 0 Å². The van der Waals surface area contributed by atoms with Gasteiger partial charge in [0, 0.05) is 0 Å². The molecule has 1 aromatic heterocycles. The molecule has 1 aromatic rings. The van der Waals surface area contributed by atoms with Crippen molar-refractivity contribution in [3.8, 4) is 0 Å². The molecule has 114 valence electrons. The molecular weight excluding hydrogens is 285 g/mol.